The first-order valence-corrected chi connectivity index (χ1v) is 6.34. The Labute approximate surface area is 107 Å². The lowest BCUT2D eigenvalue weighted by molar-refractivity contribution is 0.0941. The monoisotopic (exact) mass is 249 g/mol. The molecule has 98 valence electrons. The van der Waals surface area contributed by atoms with Crippen LogP contribution in [0.4, 0.5) is 5.82 Å². The van der Waals surface area contributed by atoms with E-state index in [9.17, 15) is 4.79 Å². The molecule has 6 nitrogen and oxygen atoms in total. The molecule has 3 N–H and O–H groups in total. The smallest absolute Gasteiger partial charge is 0.271 e. The van der Waals surface area contributed by atoms with Gasteiger partial charge >= 0.3 is 0 Å². The predicted molar refractivity (Wildman–Crippen MR) is 69.1 cm³/mol. The van der Waals surface area contributed by atoms with Crippen molar-refractivity contribution in [2.24, 2.45) is 0 Å². The summed E-state index contributed by atoms with van der Waals surface area (Å²) >= 11 is 0. The number of likely N-dealkylation sites (tertiary alicyclic amines) is 1. The third-order valence-electron chi connectivity index (χ3n) is 3.05. The van der Waals surface area contributed by atoms with Crippen molar-refractivity contribution >= 4 is 11.7 Å². The van der Waals surface area contributed by atoms with Crippen LogP contribution in [0.3, 0.4) is 0 Å². The van der Waals surface area contributed by atoms with Gasteiger partial charge in [-0.1, -0.05) is 6.42 Å². The van der Waals surface area contributed by atoms with Gasteiger partial charge in [-0.05, 0) is 25.9 Å². The molecular formula is C12H19N5O. The molecule has 0 aromatic carbocycles. The standard InChI is InChI=1S/C12H19N5O/c13-11-9-14-8-10(16-11)12(18)15-4-7-17-5-2-1-3-6-17/h8-9H,1-7H2,(H2,13,16)(H,15,18). The Bertz CT molecular complexity index is 403. The molecule has 1 aliphatic heterocycles. The number of nitrogens with zero attached hydrogens (tertiary/aromatic N) is 3. The van der Waals surface area contributed by atoms with Crippen LogP contribution in [-0.4, -0.2) is 47.0 Å². The Morgan fingerprint density at radius 1 is 1.33 bits per heavy atom. The van der Waals surface area contributed by atoms with E-state index in [4.69, 9.17) is 5.73 Å². The van der Waals surface area contributed by atoms with Crippen molar-refractivity contribution in [2.75, 3.05) is 31.9 Å². The van der Waals surface area contributed by atoms with E-state index in [0.29, 0.717) is 6.54 Å². The van der Waals surface area contributed by atoms with Crippen LogP contribution in [0.5, 0.6) is 0 Å². The van der Waals surface area contributed by atoms with Gasteiger partial charge in [0.25, 0.3) is 5.91 Å². The van der Waals surface area contributed by atoms with Crippen LogP contribution in [0.15, 0.2) is 12.4 Å². The second-order valence-electron chi connectivity index (χ2n) is 4.49. The van der Waals surface area contributed by atoms with E-state index in [1.165, 1.54) is 31.7 Å². The molecule has 1 aromatic heterocycles. The van der Waals surface area contributed by atoms with Crippen LogP contribution in [0.25, 0.3) is 0 Å². The van der Waals surface area contributed by atoms with Crippen LogP contribution in [0.2, 0.25) is 0 Å². The van der Waals surface area contributed by atoms with Crippen LogP contribution in [-0.2, 0) is 0 Å². The number of aromatic nitrogens is 2. The molecule has 0 unspecified atom stereocenters. The molecule has 2 heterocycles. The predicted octanol–water partition coefficient (Wildman–Crippen LogP) is 0.274. The van der Waals surface area contributed by atoms with Crippen molar-refractivity contribution in [3.8, 4) is 0 Å². The summed E-state index contributed by atoms with van der Waals surface area (Å²) in [5.74, 6) is 0.0467. The molecule has 1 aliphatic rings. The fraction of sp³-hybridized carbons (Fsp3) is 0.583. The summed E-state index contributed by atoms with van der Waals surface area (Å²) < 4.78 is 0. The van der Waals surface area contributed by atoms with E-state index in [2.05, 4.69) is 20.2 Å². The Morgan fingerprint density at radius 2 is 2.11 bits per heavy atom. The van der Waals surface area contributed by atoms with E-state index < -0.39 is 0 Å². The SMILES string of the molecule is Nc1cncc(C(=O)NCCN2CCCCC2)n1. The summed E-state index contributed by atoms with van der Waals surface area (Å²) in [5.41, 5.74) is 5.75. The van der Waals surface area contributed by atoms with Gasteiger partial charge in [-0.25, -0.2) is 4.98 Å². The normalized spacial score (nSPS) is 16.4. The number of carbonyl (C=O) groups excluding carboxylic acids is 1. The first kappa shape index (κ1) is 12.8. The van der Waals surface area contributed by atoms with E-state index in [0.717, 1.165) is 19.6 Å². The van der Waals surface area contributed by atoms with E-state index in [1.807, 2.05) is 0 Å². The fourth-order valence-corrected chi connectivity index (χ4v) is 2.09. The third-order valence-corrected chi connectivity index (χ3v) is 3.05. The highest BCUT2D eigenvalue weighted by Crippen LogP contribution is 2.07. The summed E-state index contributed by atoms with van der Waals surface area (Å²) in [5, 5.41) is 2.83. The number of nitrogens with two attached hydrogens (primary N) is 1. The number of hydrogen-bond donors (Lipinski definition) is 2. The molecule has 0 spiro atoms. The highest BCUT2D eigenvalue weighted by Gasteiger charge is 2.11. The Kier molecular flexibility index (Phi) is 4.46. The summed E-state index contributed by atoms with van der Waals surface area (Å²) in [6, 6.07) is 0. The Morgan fingerprint density at radius 3 is 2.83 bits per heavy atom. The molecular weight excluding hydrogens is 230 g/mol. The van der Waals surface area contributed by atoms with E-state index in [1.54, 1.807) is 0 Å². The molecule has 0 bridgehead atoms. The summed E-state index contributed by atoms with van der Waals surface area (Å²) in [4.78, 5) is 21.9. The molecule has 0 atom stereocenters. The Balaban J connectivity index is 1.74. The lowest BCUT2D eigenvalue weighted by atomic mass is 10.1. The molecule has 2 rings (SSSR count). The second kappa shape index (κ2) is 6.30. The number of carbonyl (C=O) groups is 1. The molecule has 0 radical (unpaired) electrons. The number of nitrogen functional groups attached to an aromatic ring is 1. The first-order valence-electron chi connectivity index (χ1n) is 6.34. The van der Waals surface area contributed by atoms with Gasteiger partial charge in [-0.2, -0.15) is 0 Å². The maximum Gasteiger partial charge on any atom is 0.271 e. The van der Waals surface area contributed by atoms with Crippen molar-refractivity contribution in [3.63, 3.8) is 0 Å². The van der Waals surface area contributed by atoms with Gasteiger partial charge in [0.2, 0.25) is 0 Å². The highest BCUT2D eigenvalue weighted by molar-refractivity contribution is 5.92. The van der Waals surface area contributed by atoms with Gasteiger partial charge in [-0.3, -0.25) is 9.78 Å². The van der Waals surface area contributed by atoms with Gasteiger partial charge in [0, 0.05) is 13.1 Å². The van der Waals surface area contributed by atoms with Crippen molar-refractivity contribution in [1.82, 2.24) is 20.2 Å². The zero-order valence-electron chi connectivity index (χ0n) is 10.4. The zero-order valence-corrected chi connectivity index (χ0v) is 10.4. The van der Waals surface area contributed by atoms with Crippen LogP contribution in [0, 0.1) is 0 Å². The van der Waals surface area contributed by atoms with Gasteiger partial charge in [0.05, 0.1) is 12.4 Å². The van der Waals surface area contributed by atoms with Crippen molar-refractivity contribution < 1.29 is 4.79 Å². The largest absolute Gasteiger partial charge is 0.382 e. The summed E-state index contributed by atoms with van der Waals surface area (Å²) in [6.07, 6.45) is 6.68. The third kappa shape index (κ3) is 3.66. The van der Waals surface area contributed by atoms with Crippen molar-refractivity contribution in [1.29, 1.82) is 0 Å². The molecule has 1 saturated heterocycles. The maximum atomic E-state index is 11.8. The number of amides is 1. The highest BCUT2D eigenvalue weighted by atomic mass is 16.1. The Hall–Kier alpha value is -1.69. The number of hydrogen-bond acceptors (Lipinski definition) is 5. The molecule has 18 heavy (non-hydrogen) atoms. The molecule has 1 fully saturated rings. The van der Waals surface area contributed by atoms with E-state index in [-0.39, 0.29) is 17.4 Å². The lowest BCUT2D eigenvalue weighted by Crippen LogP contribution is -2.37. The lowest BCUT2D eigenvalue weighted by Gasteiger charge is -2.26. The topological polar surface area (TPSA) is 84.1 Å². The molecule has 0 saturated carbocycles. The number of anilines is 1. The molecule has 1 amide bonds. The average Bonchev–Trinajstić information content (AvgIpc) is 2.40. The minimum Gasteiger partial charge on any atom is -0.382 e. The van der Waals surface area contributed by atoms with Gasteiger partial charge in [0.15, 0.2) is 0 Å². The van der Waals surface area contributed by atoms with Gasteiger partial charge in [0.1, 0.15) is 11.5 Å². The van der Waals surface area contributed by atoms with Crippen molar-refractivity contribution in [3.05, 3.63) is 18.1 Å². The first-order chi connectivity index (χ1) is 8.75. The molecule has 6 heteroatoms. The molecule has 0 aliphatic carbocycles. The summed E-state index contributed by atoms with van der Waals surface area (Å²) in [6.45, 7) is 3.79. The molecule has 1 aromatic rings. The zero-order chi connectivity index (χ0) is 12.8. The quantitative estimate of drug-likeness (QED) is 0.800. The number of rotatable bonds is 4. The van der Waals surface area contributed by atoms with Gasteiger partial charge < -0.3 is 16.0 Å². The second-order valence-corrected chi connectivity index (χ2v) is 4.49. The average molecular weight is 249 g/mol. The number of nitrogens with one attached hydrogen (secondary N) is 1. The van der Waals surface area contributed by atoms with E-state index >= 15 is 0 Å². The summed E-state index contributed by atoms with van der Waals surface area (Å²) in [7, 11) is 0. The maximum absolute atomic E-state index is 11.8. The minimum atomic E-state index is -0.216. The fourth-order valence-electron chi connectivity index (χ4n) is 2.09. The van der Waals surface area contributed by atoms with Crippen LogP contribution >= 0.6 is 0 Å². The number of piperidine rings is 1. The van der Waals surface area contributed by atoms with Gasteiger partial charge in [-0.15, -0.1) is 0 Å². The van der Waals surface area contributed by atoms with Crippen molar-refractivity contribution in [2.45, 2.75) is 19.3 Å². The van der Waals surface area contributed by atoms with Crippen LogP contribution in [0.1, 0.15) is 29.8 Å². The van der Waals surface area contributed by atoms with Crippen LogP contribution < -0.4 is 11.1 Å². The minimum absolute atomic E-state index is 0.216.